The molecule has 63 heavy (non-hydrogen) atoms. The fourth-order valence-corrected chi connectivity index (χ4v) is 9.34. The molecule has 15 heteroatoms. The summed E-state index contributed by atoms with van der Waals surface area (Å²) in [5, 5.41) is 19.9. The molecule has 0 aliphatic carbocycles. The van der Waals surface area contributed by atoms with E-state index in [2.05, 4.69) is 59.6 Å². The van der Waals surface area contributed by atoms with Crippen LogP contribution in [0.1, 0.15) is 77.3 Å². The lowest BCUT2D eigenvalue weighted by Crippen LogP contribution is -2.62. The van der Waals surface area contributed by atoms with Crippen molar-refractivity contribution in [3.05, 3.63) is 71.5 Å². The molecule has 3 amide bonds. The van der Waals surface area contributed by atoms with Crippen LogP contribution in [0.5, 0.6) is 5.75 Å². The average molecular weight is 866 g/mol. The zero-order valence-electron chi connectivity index (χ0n) is 37.8. The number of methoxy groups -OCH3 is 1. The van der Waals surface area contributed by atoms with E-state index in [4.69, 9.17) is 19.2 Å². The Morgan fingerprint density at radius 1 is 1.11 bits per heavy atom. The molecule has 2 saturated heterocycles. The van der Waals surface area contributed by atoms with Crippen LogP contribution in [0.3, 0.4) is 0 Å². The molecule has 3 aliphatic rings. The molecule has 15 nitrogen and oxygen atoms in total. The Morgan fingerprint density at radius 2 is 1.90 bits per heavy atom. The van der Waals surface area contributed by atoms with Crippen molar-refractivity contribution in [3.8, 4) is 28.1 Å². The summed E-state index contributed by atoms with van der Waals surface area (Å²) in [6, 6.07) is 12.6. The van der Waals surface area contributed by atoms with Crippen LogP contribution in [-0.4, -0.2) is 119 Å². The van der Waals surface area contributed by atoms with Gasteiger partial charge in [0.2, 0.25) is 5.91 Å². The molecule has 3 aliphatic heterocycles. The van der Waals surface area contributed by atoms with Crippen LogP contribution in [0.4, 0.5) is 0 Å². The summed E-state index contributed by atoms with van der Waals surface area (Å²) in [6.45, 7) is 14.4. The van der Waals surface area contributed by atoms with E-state index in [9.17, 15) is 24.3 Å². The second kappa shape index (κ2) is 19.2. The second-order valence-corrected chi connectivity index (χ2v) is 18.2. The molecule has 4 N–H and O–H groups in total. The third-order valence-corrected chi connectivity index (χ3v) is 12.5. The van der Waals surface area contributed by atoms with E-state index in [1.165, 1.54) is 9.91 Å². The summed E-state index contributed by atoms with van der Waals surface area (Å²) >= 11 is 0. The summed E-state index contributed by atoms with van der Waals surface area (Å²) in [4.78, 5) is 62.7. The van der Waals surface area contributed by atoms with Gasteiger partial charge in [-0.1, -0.05) is 39.8 Å². The molecule has 2 fully saturated rings. The number of likely N-dealkylation sites (N-methyl/N-ethyl adjacent to an activating group) is 1. The van der Waals surface area contributed by atoms with Gasteiger partial charge in [0.05, 0.1) is 30.7 Å². The van der Waals surface area contributed by atoms with Gasteiger partial charge in [0.1, 0.15) is 30.0 Å². The first-order chi connectivity index (χ1) is 30.1. The molecule has 0 radical (unpaired) electrons. The van der Waals surface area contributed by atoms with Gasteiger partial charge < -0.3 is 39.4 Å². The number of fused-ring (bicyclic) bond motifs is 6. The first kappa shape index (κ1) is 45.7. The van der Waals surface area contributed by atoms with Gasteiger partial charge in [-0.05, 0) is 97.7 Å². The Labute approximate surface area is 369 Å². The Bertz CT molecular complexity index is 2340. The number of ether oxygens (including phenoxy) is 3. The van der Waals surface area contributed by atoms with E-state index >= 15 is 0 Å². The van der Waals surface area contributed by atoms with Crippen molar-refractivity contribution in [2.24, 2.45) is 11.3 Å². The Morgan fingerprint density at radius 3 is 2.62 bits per heavy atom. The summed E-state index contributed by atoms with van der Waals surface area (Å²) in [5.41, 5.74) is 9.63. The van der Waals surface area contributed by atoms with E-state index in [-0.39, 0.29) is 36.7 Å². The topological polar surface area (TPSA) is 177 Å². The molecular weight excluding hydrogens is 803 g/mol. The van der Waals surface area contributed by atoms with Crippen LogP contribution >= 0.6 is 0 Å². The van der Waals surface area contributed by atoms with Gasteiger partial charge >= 0.3 is 5.97 Å². The van der Waals surface area contributed by atoms with E-state index in [0.29, 0.717) is 57.6 Å². The molecule has 2 aromatic heterocycles. The number of nitrogens with one attached hydrogen (secondary N) is 3. The predicted octanol–water partition coefficient (Wildman–Crippen LogP) is 4.92. The zero-order valence-corrected chi connectivity index (χ0v) is 37.8. The molecule has 2 unspecified atom stereocenters. The fourth-order valence-electron chi connectivity index (χ4n) is 9.34. The number of pyridine rings is 1. The lowest BCUT2D eigenvalue weighted by atomic mass is 9.84. The maximum absolute atomic E-state index is 14.6. The number of esters is 1. The van der Waals surface area contributed by atoms with Crippen molar-refractivity contribution in [1.29, 1.82) is 0 Å². The number of aromatic nitrogens is 2. The minimum absolute atomic E-state index is 0.00152. The fraction of sp³-hybridized carbons (Fsp3) is 0.521. The molecule has 4 aromatic rings. The number of benzene rings is 2. The number of hydrazine groups is 1. The standard InChI is InChI=1S/C48H63N7O8/c1-9-54-39-15-14-31-24-35(39)36(43(54)34-12-10-16-50-41(34)29(4)61-8)25-48(5,6)27-63-47(60)37-13-11-18-55(52-37)45(58)38(22-30-20-32(31)23-33(56)21-30)51-44(57)42(28(2)3)53(7)46(59)40-26-49-17-19-62-40/h10,12,14-16,20-21,23-24,28-29,37-38,40,42,49,52,56H,9,11,13,17-19,22,25-27H2,1-8H3,(H,51,57)/t29-,37-,38-,40?,42?/m0/s1. The highest BCUT2D eigenvalue weighted by molar-refractivity contribution is 5.96. The summed E-state index contributed by atoms with van der Waals surface area (Å²) in [6.07, 6.45) is 2.30. The average Bonchev–Trinajstić information content (AvgIpc) is 3.58. The van der Waals surface area contributed by atoms with Crippen molar-refractivity contribution >= 4 is 34.6 Å². The van der Waals surface area contributed by atoms with Gasteiger partial charge in [-0.2, -0.15) is 0 Å². The van der Waals surface area contributed by atoms with E-state index in [0.717, 1.165) is 44.5 Å². The number of rotatable bonds is 9. The predicted molar refractivity (Wildman–Crippen MR) is 239 cm³/mol. The lowest BCUT2D eigenvalue weighted by Gasteiger charge is -2.37. The first-order valence-corrected chi connectivity index (χ1v) is 22.2. The minimum Gasteiger partial charge on any atom is -0.508 e. The normalized spacial score (nSPS) is 21.7. The number of aryl methyl sites for hydroxylation is 1. The number of carbonyl (C=O) groups excluding carboxylic acids is 4. The highest BCUT2D eigenvalue weighted by Gasteiger charge is 2.39. The van der Waals surface area contributed by atoms with Crippen molar-refractivity contribution < 1.29 is 38.5 Å². The van der Waals surface area contributed by atoms with E-state index in [1.54, 1.807) is 32.5 Å². The number of nitrogens with zero attached hydrogens (tertiary/aromatic N) is 4. The maximum Gasteiger partial charge on any atom is 0.324 e. The van der Waals surface area contributed by atoms with Crippen LogP contribution in [0.25, 0.3) is 33.3 Å². The monoisotopic (exact) mass is 865 g/mol. The number of hydrogen-bond acceptors (Lipinski definition) is 11. The number of morpholine rings is 1. The number of aromatic hydroxyl groups is 1. The summed E-state index contributed by atoms with van der Waals surface area (Å²) in [5.74, 6) is -2.08. The first-order valence-electron chi connectivity index (χ1n) is 22.2. The molecule has 2 aromatic carbocycles. The molecular formula is C48H63N7O8. The molecule has 0 saturated carbocycles. The van der Waals surface area contributed by atoms with E-state index in [1.807, 2.05) is 39.0 Å². The number of hydrogen-bond donors (Lipinski definition) is 4. The van der Waals surface area contributed by atoms with Gasteiger partial charge in [0, 0.05) is 74.8 Å². The van der Waals surface area contributed by atoms with Gasteiger partial charge in [-0.25, -0.2) is 5.43 Å². The van der Waals surface area contributed by atoms with Crippen LogP contribution in [0.2, 0.25) is 0 Å². The number of carbonyl (C=O) groups is 4. The minimum atomic E-state index is -1.14. The van der Waals surface area contributed by atoms with Gasteiger partial charge in [0.25, 0.3) is 11.8 Å². The molecule has 5 heterocycles. The number of amides is 3. The molecule has 7 rings (SSSR count). The van der Waals surface area contributed by atoms with Gasteiger partial charge in [-0.15, -0.1) is 0 Å². The summed E-state index contributed by atoms with van der Waals surface area (Å²) in [7, 11) is 3.26. The van der Waals surface area contributed by atoms with Crippen LogP contribution < -0.4 is 16.1 Å². The Hall–Kier alpha value is -5.35. The third-order valence-electron chi connectivity index (χ3n) is 12.5. The number of cyclic esters (lactones) is 1. The third kappa shape index (κ3) is 9.76. The smallest absolute Gasteiger partial charge is 0.324 e. The van der Waals surface area contributed by atoms with Crippen LogP contribution in [0.15, 0.2) is 54.7 Å². The Balaban J connectivity index is 1.34. The largest absolute Gasteiger partial charge is 0.508 e. The van der Waals surface area contributed by atoms with Gasteiger partial charge in [-0.3, -0.25) is 29.2 Å². The van der Waals surface area contributed by atoms with Crippen molar-refractivity contribution in [2.75, 3.05) is 47.0 Å². The highest BCUT2D eigenvalue weighted by Crippen LogP contribution is 2.42. The summed E-state index contributed by atoms with van der Waals surface area (Å²) < 4.78 is 19.9. The maximum atomic E-state index is 14.6. The number of phenols is 1. The molecule has 0 spiro atoms. The number of phenolic OH excluding ortho intramolecular Hbond substituents is 1. The Kier molecular flexibility index (Phi) is 13.9. The molecule has 5 atom stereocenters. The van der Waals surface area contributed by atoms with Crippen LogP contribution in [-0.2, 0) is 52.8 Å². The second-order valence-electron chi connectivity index (χ2n) is 18.2. The van der Waals surface area contributed by atoms with Crippen LogP contribution in [0, 0.1) is 11.3 Å². The van der Waals surface area contributed by atoms with Crippen molar-refractivity contribution in [1.82, 2.24) is 35.5 Å². The van der Waals surface area contributed by atoms with Gasteiger partial charge in [0.15, 0.2) is 0 Å². The quantitative estimate of drug-likeness (QED) is 0.168. The molecule has 6 bridgehead atoms. The molecule has 338 valence electrons. The zero-order chi connectivity index (χ0) is 45.2. The lowest BCUT2D eigenvalue weighted by molar-refractivity contribution is -0.155. The van der Waals surface area contributed by atoms with E-state index < -0.39 is 47.4 Å². The van der Waals surface area contributed by atoms with Crippen molar-refractivity contribution in [3.63, 3.8) is 0 Å². The van der Waals surface area contributed by atoms with Crippen molar-refractivity contribution in [2.45, 2.75) is 104 Å². The highest BCUT2D eigenvalue weighted by atomic mass is 16.5. The SMILES string of the molecule is CCn1c(-c2cccnc2[C@H](C)OC)c2c3cc(ccc31)-c1cc(O)cc(c1)C[C@H](NC(=O)C(C(C)C)N(C)C(=O)C1CNCCO1)C(=O)N1CCC[C@H](N1)C(=O)OCC(C)(C)C2.